The zero-order valence-electron chi connectivity index (χ0n) is 12.2. The summed E-state index contributed by atoms with van der Waals surface area (Å²) in [5.41, 5.74) is 2.25. The molecule has 1 atom stereocenters. The second-order valence-corrected chi connectivity index (χ2v) is 5.67. The van der Waals surface area contributed by atoms with Crippen LogP contribution < -0.4 is 0 Å². The second kappa shape index (κ2) is 6.40. The van der Waals surface area contributed by atoms with Crippen molar-refractivity contribution in [3.05, 3.63) is 29.3 Å². The minimum Gasteiger partial charge on any atom is -0.508 e. The van der Waals surface area contributed by atoms with E-state index in [1.54, 1.807) is 13.2 Å². The summed E-state index contributed by atoms with van der Waals surface area (Å²) >= 11 is 0. The van der Waals surface area contributed by atoms with Crippen LogP contribution in [0.25, 0.3) is 0 Å². The van der Waals surface area contributed by atoms with Crippen LogP contribution in [0.15, 0.2) is 18.2 Å². The summed E-state index contributed by atoms with van der Waals surface area (Å²) in [6.07, 6.45) is 2.37. The molecule has 1 fully saturated rings. The highest BCUT2D eigenvalue weighted by Gasteiger charge is 2.24. The van der Waals surface area contributed by atoms with Crippen molar-refractivity contribution < 1.29 is 9.84 Å². The van der Waals surface area contributed by atoms with Crippen molar-refractivity contribution in [1.82, 2.24) is 4.90 Å². The molecule has 1 N–H and O–H groups in total. The Kier molecular flexibility index (Phi) is 4.83. The standard InChI is InChI=1S/C16H25NO2/c1-12-4-5-16(18)15(10-12)13(2)17-8-6-14(7-9-17)11-19-3/h4-5,10,13-14,18H,6-9,11H2,1-3H3. The van der Waals surface area contributed by atoms with Crippen LogP contribution in [0.1, 0.15) is 36.9 Å². The minimum absolute atomic E-state index is 0.281. The molecule has 1 aromatic rings. The number of ether oxygens (including phenoxy) is 1. The van der Waals surface area contributed by atoms with Gasteiger partial charge >= 0.3 is 0 Å². The van der Waals surface area contributed by atoms with Gasteiger partial charge in [-0.15, -0.1) is 0 Å². The summed E-state index contributed by atoms with van der Waals surface area (Å²) in [4.78, 5) is 2.46. The number of phenols is 1. The summed E-state index contributed by atoms with van der Waals surface area (Å²) in [5.74, 6) is 1.11. The highest BCUT2D eigenvalue weighted by atomic mass is 16.5. The Morgan fingerprint density at radius 1 is 1.37 bits per heavy atom. The van der Waals surface area contributed by atoms with Gasteiger partial charge in [-0.1, -0.05) is 17.7 Å². The molecule has 106 valence electrons. The Labute approximate surface area is 116 Å². The van der Waals surface area contributed by atoms with Crippen molar-refractivity contribution in [2.24, 2.45) is 5.92 Å². The number of methoxy groups -OCH3 is 1. The molecule has 1 unspecified atom stereocenters. The molecule has 0 spiro atoms. The van der Waals surface area contributed by atoms with Gasteiger partial charge < -0.3 is 9.84 Å². The van der Waals surface area contributed by atoms with Gasteiger partial charge in [0.05, 0.1) is 0 Å². The van der Waals surface area contributed by atoms with Crippen LogP contribution >= 0.6 is 0 Å². The lowest BCUT2D eigenvalue weighted by Gasteiger charge is -2.36. The first-order chi connectivity index (χ1) is 9.11. The lowest BCUT2D eigenvalue weighted by molar-refractivity contribution is 0.0827. The highest BCUT2D eigenvalue weighted by molar-refractivity contribution is 5.37. The Balaban J connectivity index is 2.01. The molecule has 3 heteroatoms. The van der Waals surface area contributed by atoms with Gasteiger partial charge in [-0.3, -0.25) is 4.90 Å². The number of hydrogen-bond acceptors (Lipinski definition) is 3. The molecular weight excluding hydrogens is 238 g/mol. The summed E-state index contributed by atoms with van der Waals surface area (Å²) in [5, 5.41) is 10.0. The number of rotatable bonds is 4. The van der Waals surface area contributed by atoms with E-state index in [4.69, 9.17) is 4.74 Å². The third-order valence-corrected chi connectivity index (χ3v) is 4.23. The number of likely N-dealkylation sites (tertiary alicyclic amines) is 1. The number of phenolic OH excluding ortho intramolecular Hbond substituents is 1. The zero-order chi connectivity index (χ0) is 13.8. The number of nitrogens with zero attached hydrogens (tertiary/aromatic N) is 1. The van der Waals surface area contributed by atoms with Crippen molar-refractivity contribution in [3.63, 3.8) is 0 Å². The van der Waals surface area contributed by atoms with Crippen LogP contribution in [-0.4, -0.2) is 36.8 Å². The number of aryl methyl sites for hydroxylation is 1. The summed E-state index contributed by atoms with van der Waals surface area (Å²) < 4.78 is 5.24. The SMILES string of the molecule is COCC1CCN(C(C)c2cc(C)ccc2O)CC1. The van der Waals surface area contributed by atoms with Crippen LogP contribution in [-0.2, 0) is 4.74 Å². The molecule has 0 aromatic heterocycles. The third-order valence-electron chi connectivity index (χ3n) is 4.23. The maximum Gasteiger partial charge on any atom is 0.120 e. The van der Waals surface area contributed by atoms with E-state index in [9.17, 15) is 5.11 Å². The lowest BCUT2D eigenvalue weighted by atomic mass is 9.94. The van der Waals surface area contributed by atoms with Gasteiger partial charge in [0.1, 0.15) is 5.75 Å². The lowest BCUT2D eigenvalue weighted by Crippen LogP contribution is -2.36. The molecule has 0 bridgehead atoms. The number of aromatic hydroxyl groups is 1. The monoisotopic (exact) mass is 263 g/mol. The van der Waals surface area contributed by atoms with Gasteiger partial charge in [-0.2, -0.15) is 0 Å². The van der Waals surface area contributed by atoms with E-state index in [1.165, 1.54) is 18.4 Å². The predicted molar refractivity (Wildman–Crippen MR) is 77.4 cm³/mol. The molecule has 0 aliphatic carbocycles. The molecular formula is C16H25NO2. The van der Waals surface area contributed by atoms with Crippen LogP contribution in [0.2, 0.25) is 0 Å². The van der Waals surface area contributed by atoms with Gasteiger partial charge in [-0.05, 0) is 51.8 Å². The molecule has 1 heterocycles. The molecule has 0 radical (unpaired) electrons. The highest BCUT2D eigenvalue weighted by Crippen LogP contribution is 2.32. The van der Waals surface area contributed by atoms with E-state index in [0.29, 0.717) is 11.7 Å². The zero-order valence-corrected chi connectivity index (χ0v) is 12.2. The molecule has 0 saturated carbocycles. The fourth-order valence-electron chi connectivity index (χ4n) is 2.95. The smallest absolute Gasteiger partial charge is 0.120 e. The van der Waals surface area contributed by atoms with Crippen LogP contribution in [0.4, 0.5) is 0 Å². The molecule has 1 aliphatic heterocycles. The van der Waals surface area contributed by atoms with Gasteiger partial charge in [-0.25, -0.2) is 0 Å². The quantitative estimate of drug-likeness (QED) is 0.906. The average molecular weight is 263 g/mol. The number of piperidine rings is 1. The van der Waals surface area contributed by atoms with Gasteiger partial charge in [0, 0.05) is 25.3 Å². The van der Waals surface area contributed by atoms with E-state index >= 15 is 0 Å². The van der Waals surface area contributed by atoms with Crippen LogP contribution in [0.3, 0.4) is 0 Å². The topological polar surface area (TPSA) is 32.7 Å². The fourth-order valence-corrected chi connectivity index (χ4v) is 2.95. The second-order valence-electron chi connectivity index (χ2n) is 5.67. The van der Waals surface area contributed by atoms with Crippen LogP contribution in [0.5, 0.6) is 5.75 Å². The largest absolute Gasteiger partial charge is 0.508 e. The fraction of sp³-hybridized carbons (Fsp3) is 0.625. The van der Waals surface area contributed by atoms with Gasteiger partial charge in [0.15, 0.2) is 0 Å². The van der Waals surface area contributed by atoms with E-state index in [1.807, 2.05) is 6.07 Å². The van der Waals surface area contributed by atoms with Crippen LogP contribution in [0, 0.1) is 12.8 Å². The molecule has 1 aliphatic rings. The van der Waals surface area contributed by atoms with Gasteiger partial charge in [0.2, 0.25) is 0 Å². The van der Waals surface area contributed by atoms with Crippen molar-refractivity contribution in [1.29, 1.82) is 0 Å². The first kappa shape index (κ1) is 14.4. The normalized spacial score (nSPS) is 19.5. The summed E-state index contributed by atoms with van der Waals surface area (Å²) in [6.45, 7) is 7.30. The minimum atomic E-state index is 0.281. The summed E-state index contributed by atoms with van der Waals surface area (Å²) in [7, 11) is 1.78. The molecule has 2 rings (SSSR count). The Bertz CT molecular complexity index is 411. The Hall–Kier alpha value is -1.06. The Morgan fingerprint density at radius 2 is 2.05 bits per heavy atom. The molecule has 3 nitrogen and oxygen atoms in total. The van der Waals surface area contributed by atoms with E-state index in [2.05, 4.69) is 24.8 Å². The third kappa shape index (κ3) is 3.48. The predicted octanol–water partition coefficient (Wildman–Crippen LogP) is 3.12. The van der Waals surface area contributed by atoms with Crippen molar-refractivity contribution in [2.75, 3.05) is 26.8 Å². The maximum atomic E-state index is 10.0. The summed E-state index contributed by atoms with van der Waals surface area (Å²) in [6, 6.07) is 6.14. The molecule has 0 amide bonds. The number of benzene rings is 1. The molecule has 1 saturated heterocycles. The number of hydrogen-bond donors (Lipinski definition) is 1. The van der Waals surface area contributed by atoms with Gasteiger partial charge in [0.25, 0.3) is 0 Å². The van der Waals surface area contributed by atoms with E-state index in [-0.39, 0.29) is 6.04 Å². The molecule has 1 aromatic carbocycles. The maximum absolute atomic E-state index is 10.0. The first-order valence-corrected chi connectivity index (χ1v) is 7.14. The van der Waals surface area contributed by atoms with Crippen molar-refractivity contribution in [3.8, 4) is 5.75 Å². The first-order valence-electron chi connectivity index (χ1n) is 7.14. The Morgan fingerprint density at radius 3 is 2.68 bits per heavy atom. The molecule has 19 heavy (non-hydrogen) atoms. The van der Waals surface area contributed by atoms with Crippen molar-refractivity contribution in [2.45, 2.75) is 32.7 Å². The average Bonchev–Trinajstić information content (AvgIpc) is 2.42. The van der Waals surface area contributed by atoms with Crippen molar-refractivity contribution >= 4 is 0 Å². The van der Waals surface area contributed by atoms with E-state index in [0.717, 1.165) is 25.3 Å². The van der Waals surface area contributed by atoms with E-state index < -0.39 is 0 Å².